The lowest BCUT2D eigenvalue weighted by Gasteiger charge is -1.93. The number of hydrogen-bond acceptors (Lipinski definition) is 4. The van der Waals surface area contributed by atoms with Gasteiger partial charge in [0.2, 0.25) is 0 Å². The Labute approximate surface area is 101 Å². The van der Waals surface area contributed by atoms with Crippen LogP contribution in [0.5, 0.6) is 0 Å². The van der Waals surface area contributed by atoms with Crippen molar-refractivity contribution in [1.29, 1.82) is 0 Å². The third kappa shape index (κ3) is 1.55. The fraction of sp³-hybridized carbons (Fsp3) is 0.0833. The minimum Gasteiger partial charge on any atom is -0.478 e. The van der Waals surface area contributed by atoms with Crippen LogP contribution in [0.25, 0.3) is 22.6 Å². The molecular weight excluding hydrogens is 234 g/mol. The van der Waals surface area contributed by atoms with E-state index in [9.17, 15) is 4.79 Å². The van der Waals surface area contributed by atoms with E-state index < -0.39 is 5.97 Å². The van der Waals surface area contributed by atoms with E-state index in [-0.39, 0.29) is 5.56 Å². The van der Waals surface area contributed by atoms with Gasteiger partial charge in [0.15, 0.2) is 5.82 Å². The van der Waals surface area contributed by atoms with Crippen LogP contribution in [-0.2, 0) is 0 Å². The molecule has 2 N–H and O–H groups in total. The van der Waals surface area contributed by atoms with Gasteiger partial charge in [-0.25, -0.2) is 9.78 Å². The fourth-order valence-electron chi connectivity index (χ4n) is 1.80. The molecule has 1 aromatic carbocycles. The first-order valence-corrected chi connectivity index (χ1v) is 5.31. The van der Waals surface area contributed by atoms with Gasteiger partial charge in [-0.3, -0.25) is 0 Å². The first-order valence-electron chi connectivity index (χ1n) is 5.31. The zero-order chi connectivity index (χ0) is 12.7. The van der Waals surface area contributed by atoms with Gasteiger partial charge in [-0.15, -0.1) is 0 Å². The predicted octanol–water partition coefficient (Wildman–Crippen LogP) is 2.22. The second kappa shape index (κ2) is 3.69. The molecule has 0 fully saturated rings. The van der Waals surface area contributed by atoms with Crippen LogP contribution in [0.2, 0.25) is 0 Å². The summed E-state index contributed by atoms with van der Waals surface area (Å²) in [6.07, 6.45) is 0. The van der Waals surface area contributed by atoms with Crippen molar-refractivity contribution in [2.45, 2.75) is 6.92 Å². The molecule has 0 bridgehead atoms. The number of carboxylic acids is 1. The predicted molar refractivity (Wildman–Crippen MR) is 63.3 cm³/mol. The number of fused-ring (bicyclic) bond motifs is 1. The molecule has 6 heteroatoms. The summed E-state index contributed by atoms with van der Waals surface area (Å²) in [5, 5.41) is 12.9. The topological polar surface area (TPSA) is 92.0 Å². The molecule has 3 rings (SSSR count). The highest BCUT2D eigenvalue weighted by atomic mass is 16.5. The fourth-order valence-corrected chi connectivity index (χ4v) is 1.80. The smallest absolute Gasteiger partial charge is 0.337 e. The van der Waals surface area contributed by atoms with Gasteiger partial charge in [-0.05, 0) is 19.1 Å². The number of carboxylic acid groups (broad SMARTS) is 1. The number of para-hydroxylation sites is 1. The van der Waals surface area contributed by atoms with E-state index in [1.807, 2.05) is 0 Å². The highest BCUT2D eigenvalue weighted by molar-refractivity contribution is 6.01. The molecule has 3 aromatic rings. The van der Waals surface area contributed by atoms with Gasteiger partial charge in [-0.1, -0.05) is 11.2 Å². The van der Waals surface area contributed by atoms with Gasteiger partial charge in [0, 0.05) is 6.07 Å². The maximum Gasteiger partial charge on any atom is 0.337 e. The number of aromatic amines is 1. The number of nitrogens with zero attached hydrogens (tertiary/aromatic N) is 2. The summed E-state index contributed by atoms with van der Waals surface area (Å²) < 4.78 is 4.97. The number of imidazole rings is 1. The molecule has 0 aliphatic rings. The SMILES string of the molecule is Cc1cc(-c2nc3c(C(=O)O)cccc3[nH]2)no1. The summed E-state index contributed by atoms with van der Waals surface area (Å²) in [5.74, 6) is 0.162. The Kier molecular flexibility index (Phi) is 2.16. The summed E-state index contributed by atoms with van der Waals surface area (Å²) in [5.41, 5.74) is 1.79. The monoisotopic (exact) mass is 243 g/mol. The second-order valence-electron chi connectivity index (χ2n) is 3.92. The number of aromatic carboxylic acids is 1. The van der Waals surface area contributed by atoms with E-state index in [1.54, 1.807) is 25.1 Å². The number of nitrogens with one attached hydrogen (secondary N) is 1. The van der Waals surface area contributed by atoms with E-state index >= 15 is 0 Å². The second-order valence-corrected chi connectivity index (χ2v) is 3.92. The van der Waals surface area contributed by atoms with Gasteiger partial charge in [0.1, 0.15) is 17.0 Å². The van der Waals surface area contributed by atoms with E-state index in [1.165, 1.54) is 6.07 Å². The Balaban J connectivity index is 2.22. The summed E-state index contributed by atoms with van der Waals surface area (Å²) in [6.45, 7) is 1.78. The number of benzene rings is 1. The maximum absolute atomic E-state index is 11.1. The number of aromatic nitrogens is 3. The molecule has 0 saturated heterocycles. The van der Waals surface area contributed by atoms with Gasteiger partial charge >= 0.3 is 5.97 Å². The lowest BCUT2D eigenvalue weighted by atomic mass is 10.2. The molecule has 0 atom stereocenters. The summed E-state index contributed by atoms with van der Waals surface area (Å²) >= 11 is 0. The van der Waals surface area contributed by atoms with Crippen LogP contribution in [0.3, 0.4) is 0 Å². The van der Waals surface area contributed by atoms with Crippen molar-refractivity contribution in [2.75, 3.05) is 0 Å². The van der Waals surface area contributed by atoms with Crippen LogP contribution < -0.4 is 0 Å². The molecule has 0 spiro atoms. The van der Waals surface area contributed by atoms with Gasteiger partial charge < -0.3 is 14.6 Å². The molecule has 0 aliphatic heterocycles. The van der Waals surface area contributed by atoms with Gasteiger partial charge in [0.05, 0.1) is 11.1 Å². The molecule has 0 aliphatic carbocycles. The Bertz CT molecular complexity index is 742. The minimum atomic E-state index is -1.00. The molecule has 90 valence electrons. The molecule has 6 nitrogen and oxygen atoms in total. The summed E-state index contributed by atoms with van der Waals surface area (Å²) in [4.78, 5) is 18.4. The van der Waals surface area contributed by atoms with E-state index in [4.69, 9.17) is 9.63 Å². The summed E-state index contributed by atoms with van der Waals surface area (Å²) in [6, 6.07) is 6.69. The van der Waals surface area contributed by atoms with Gasteiger partial charge in [-0.2, -0.15) is 0 Å². The number of carbonyl (C=O) groups is 1. The van der Waals surface area contributed by atoms with E-state index in [0.717, 1.165) is 0 Å². The third-order valence-corrected chi connectivity index (χ3v) is 2.61. The first-order chi connectivity index (χ1) is 8.65. The molecule has 18 heavy (non-hydrogen) atoms. The Hall–Kier alpha value is -2.63. The maximum atomic E-state index is 11.1. The van der Waals surface area contributed by atoms with Crippen LogP contribution in [0.1, 0.15) is 16.1 Å². The number of aryl methyl sites for hydroxylation is 1. The number of hydrogen-bond donors (Lipinski definition) is 2. The minimum absolute atomic E-state index is 0.162. The Morgan fingerprint density at radius 2 is 2.28 bits per heavy atom. The lowest BCUT2D eigenvalue weighted by Crippen LogP contribution is -1.96. The Morgan fingerprint density at radius 1 is 1.44 bits per heavy atom. The quantitative estimate of drug-likeness (QED) is 0.720. The van der Waals surface area contributed by atoms with Crippen molar-refractivity contribution in [1.82, 2.24) is 15.1 Å². The zero-order valence-electron chi connectivity index (χ0n) is 9.47. The highest BCUT2D eigenvalue weighted by Gasteiger charge is 2.14. The van der Waals surface area contributed by atoms with Crippen LogP contribution in [-0.4, -0.2) is 26.2 Å². The normalized spacial score (nSPS) is 10.9. The molecule has 0 radical (unpaired) electrons. The molecule has 0 saturated carbocycles. The summed E-state index contributed by atoms with van der Waals surface area (Å²) in [7, 11) is 0. The van der Waals surface area contributed by atoms with Crippen molar-refractivity contribution in [3.63, 3.8) is 0 Å². The molecule has 0 amide bonds. The van der Waals surface area contributed by atoms with Crippen LogP contribution in [0, 0.1) is 6.92 Å². The van der Waals surface area contributed by atoms with Crippen molar-refractivity contribution in [3.05, 3.63) is 35.6 Å². The number of H-pyrrole nitrogens is 1. The highest BCUT2D eigenvalue weighted by Crippen LogP contribution is 2.22. The van der Waals surface area contributed by atoms with Crippen molar-refractivity contribution in [3.8, 4) is 11.5 Å². The van der Waals surface area contributed by atoms with Crippen molar-refractivity contribution < 1.29 is 14.4 Å². The van der Waals surface area contributed by atoms with Crippen molar-refractivity contribution >= 4 is 17.0 Å². The Morgan fingerprint density at radius 3 is 2.94 bits per heavy atom. The standard InChI is InChI=1S/C12H9N3O3/c1-6-5-9(15-18-6)11-13-8-4-2-3-7(12(16)17)10(8)14-11/h2-5H,1H3,(H,13,14)(H,16,17). The van der Waals surface area contributed by atoms with Crippen molar-refractivity contribution in [2.24, 2.45) is 0 Å². The average Bonchev–Trinajstić information content (AvgIpc) is 2.93. The average molecular weight is 243 g/mol. The van der Waals surface area contributed by atoms with Crippen LogP contribution >= 0.6 is 0 Å². The van der Waals surface area contributed by atoms with Crippen LogP contribution in [0.15, 0.2) is 28.8 Å². The molecule has 2 heterocycles. The molecular formula is C12H9N3O3. The van der Waals surface area contributed by atoms with E-state index in [0.29, 0.717) is 28.3 Å². The third-order valence-electron chi connectivity index (χ3n) is 2.61. The number of rotatable bonds is 2. The first kappa shape index (κ1) is 10.5. The van der Waals surface area contributed by atoms with Gasteiger partial charge in [0.25, 0.3) is 0 Å². The van der Waals surface area contributed by atoms with Crippen LogP contribution in [0.4, 0.5) is 0 Å². The largest absolute Gasteiger partial charge is 0.478 e. The zero-order valence-corrected chi connectivity index (χ0v) is 9.47. The van der Waals surface area contributed by atoms with E-state index in [2.05, 4.69) is 15.1 Å². The molecule has 0 unspecified atom stereocenters. The molecule has 2 aromatic heterocycles. The lowest BCUT2D eigenvalue weighted by molar-refractivity contribution is 0.0699.